The van der Waals surface area contributed by atoms with Crippen molar-refractivity contribution in [2.45, 2.75) is 151 Å². The van der Waals surface area contributed by atoms with Gasteiger partial charge in [-0.15, -0.1) is 0 Å². The zero-order valence-electron chi connectivity index (χ0n) is 24.2. The van der Waals surface area contributed by atoms with Gasteiger partial charge in [0.25, 0.3) is 4.70 Å². The molecule has 5 atom stereocenters. The van der Waals surface area contributed by atoms with Crippen LogP contribution >= 0.6 is 15.9 Å². The summed E-state index contributed by atoms with van der Waals surface area (Å²) in [5.74, 6) is 0. The molecule has 1 aliphatic heterocycles. The number of rotatable bonds is 4. The van der Waals surface area contributed by atoms with Crippen LogP contribution < -0.4 is 0 Å². The van der Waals surface area contributed by atoms with Crippen molar-refractivity contribution in [2.24, 2.45) is 0 Å². The second kappa shape index (κ2) is 8.48. The highest BCUT2D eigenvalue weighted by Crippen LogP contribution is 2.63. The maximum Gasteiger partial charge on any atom is 0.253 e. The first-order chi connectivity index (χ1) is 14.0. The molecule has 1 heterocycles. The second-order valence-electron chi connectivity index (χ2n) is 14.9. The van der Waals surface area contributed by atoms with Gasteiger partial charge in [0.1, 0.15) is 18.5 Å². The fourth-order valence-electron chi connectivity index (χ4n) is 4.63. The van der Waals surface area contributed by atoms with Crippen LogP contribution in [0.5, 0.6) is 0 Å². The number of hydrogen-bond donors (Lipinski definition) is 3. The molecule has 0 aliphatic carbocycles. The molecule has 1 saturated heterocycles. The predicted octanol–water partition coefficient (Wildman–Crippen LogP) is 6.39. The van der Waals surface area contributed by atoms with Crippen LogP contribution in [0.25, 0.3) is 0 Å². The van der Waals surface area contributed by atoms with Crippen LogP contribution in [0, 0.1) is 0 Å². The Morgan fingerprint density at radius 3 is 1.39 bits per heavy atom. The Balaban J connectivity index is 4.20. The first-order valence-electron chi connectivity index (χ1n) is 12.2. The highest BCUT2D eigenvalue weighted by Gasteiger charge is 2.82. The van der Waals surface area contributed by atoms with Gasteiger partial charge in [0.2, 0.25) is 0 Å². The molecule has 0 aromatic rings. The first kappa shape index (κ1) is 32.0. The molecular weight excluding hydrogens is 532 g/mol. The van der Waals surface area contributed by atoms with E-state index < -0.39 is 51.8 Å². The lowest BCUT2D eigenvalue weighted by Gasteiger charge is -2.70. The molecule has 1 fully saturated rings. The van der Waals surface area contributed by atoms with Gasteiger partial charge in [-0.1, -0.05) is 88.5 Å². The molecule has 3 N–H and O–H groups in total. The van der Waals surface area contributed by atoms with Crippen molar-refractivity contribution in [1.82, 2.24) is 0 Å². The molecule has 0 spiro atoms. The van der Waals surface area contributed by atoms with E-state index in [2.05, 4.69) is 104 Å². The van der Waals surface area contributed by atoms with Crippen LogP contribution in [0.15, 0.2) is 0 Å². The van der Waals surface area contributed by atoms with E-state index in [1.807, 2.05) is 20.0 Å². The van der Waals surface area contributed by atoms with E-state index >= 15 is 0 Å². The third-order valence-corrected chi connectivity index (χ3v) is 28.4. The van der Waals surface area contributed by atoms with Crippen LogP contribution in [0.4, 0.5) is 0 Å². The molecule has 5 nitrogen and oxygen atoms in total. The van der Waals surface area contributed by atoms with Gasteiger partial charge in [-0.05, 0) is 51.1 Å². The number of alkyl halides is 1. The summed E-state index contributed by atoms with van der Waals surface area (Å²) in [6.45, 7) is 33.6. The summed E-state index contributed by atoms with van der Waals surface area (Å²) >= 11 is 3.40. The molecule has 9 heteroatoms. The molecule has 33 heavy (non-hydrogen) atoms. The summed E-state index contributed by atoms with van der Waals surface area (Å²) in [5.41, 5.74) is 0. The fourth-order valence-corrected chi connectivity index (χ4v) is 16.5. The fraction of sp³-hybridized carbons (Fsp3) is 1.00. The maximum absolute atomic E-state index is 13.2. The van der Waals surface area contributed by atoms with Crippen molar-refractivity contribution in [3.8, 4) is 0 Å². The Bertz CT molecular complexity index is 734. The third kappa shape index (κ3) is 4.47. The Hall–Kier alpha value is 0.931. The minimum atomic E-state index is -2.93. The number of halogens is 1. The summed E-state index contributed by atoms with van der Waals surface area (Å²) in [6.07, 6.45) is -1.41. The van der Waals surface area contributed by atoms with Gasteiger partial charge in [-0.2, -0.15) is 0 Å². The van der Waals surface area contributed by atoms with Crippen LogP contribution in [-0.4, -0.2) is 67.1 Å². The summed E-state index contributed by atoms with van der Waals surface area (Å²) < 4.78 is 11.0. The second-order valence-corrected chi connectivity index (χ2v) is 31.7. The summed E-state index contributed by atoms with van der Waals surface area (Å²) in [6, 6.07) is 0. The normalized spacial score (nSPS) is 35.6. The van der Waals surface area contributed by atoms with Crippen LogP contribution in [0.3, 0.4) is 0 Å². The smallest absolute Gasteiger partial charge is 0.253 e. The van der Waals surface area contributed by atoms with Crippen molar-refractivity contribution >= 4 is 40.4 Å². The van der Waals surface area contributed by atoms with E-state index in [1.165, 1.54) is 0 Å². The standard InChI is InChI=1S/C24H53BrO5Si3/c1-17-18(30-33(15,16)21(8,9)10)22(26,31(11,12)19(2,3)4)23(27,24(25,28)29-17)32(13,14)20(5,6)7/h17-18,26-28H,1-16H3/t17-,18+,22-,23+,24?/m0/s1. The average Bonchev–Trinajstić information content (AvgIpc) is 2.53. The Labute approximate surface area is 215 Å². The van der Waals surface area contributed by atoms with Crippen LogP contribution in [0.2, 0.25) is 54.4 Å². The van der Waals surface area contributed by atoms with Gasteiger partial charge in [0.15, 0.2) is 8.32 Å². The molecule has 1 aliphatic rings. The Kier molecular flexibility index (Phi) is 8.21. The van der Waals surface area contributed by atoms with Crippen LogP contribution in [-0.2, 0) is 9.16 Å². The summed E-state index contributed by atoms with van der Waals surface area (Å²) in [4.78, 5) is 0. The minimum Gasteiger partial charge on any atom is -0.409 e. The number of hydrogen-bond acceptors (Lipinski definition) is 5. The number of ether oxygens (including phenoxy) is 1. The molecule has 0 bridgehead atoms. The molecular formula is C24H53BrO5Si3. The van der Waals surface area contributed by atoms with E-state index in [-0.39, 0.29) is 15.1 Å². The highest BCUT2D eigenvalue weighted by molar-refractivity contribution is 9.10. The van der Waals surface area contributed by atoms with E-state index in [0.29, 0.717) is 0 Å². The molecule has 0 radical (unpaired) electrons. The lowest BCUT2D eigenvalue weighted by Crippen LogP contribution is -2.92. The van der Waals surface area contributed by atoms with Gasteiger partial charge in [-0.25, -0.2) is 0 Å². The van der Waals surface area contributed by atoms with E-state index in [4.69, 9.17) is 9.16 Å². The molecule has 0 saturated carbocycles. The summed E-state index contributed by atoms with van der Waals surface area (Å²) in [7, 11) is -8.15. The van der Waals surface area contributed by atoms with Crippen LogP contribution in [0.1, 0.15) is 69.2 Å². The van der Waals surface area contributed by atoms with E-state index in [1.54, 1.807) is 0 Å². The van der Waals surface area contributed by atoms with E-state index in [9.17, 15) is 15.3 Å². The zero-order valence-corrected chi connectivity index (χ0v) is 28.8. The largest absolute Gasteiger partial charge is 0.409 e. The number of aliphatic hydroxyl groups is 3. The molecule has 1 rings (SSSR count). The van der Waals surface area contributed by atoms with Crippen molar-refractivity contribution in [3.63, 3.8) is 0 Å². The van der Waals surface area contributed by atoms with Gasteiger partial charge in [0.05, 0.1) is 20.3 Å². The van der Waals surface area contributed by atoms with Crippen molar-refractivity contribution < 1.29 is 24.5 Å². The lowest BCUT2D eigenvalue weighted by atomic mass is 9.97. The molecule has 0 aromatic carbocycles. The monoisotopic (exact) mass is 584 g/mol. The molecule has 0 amide bonds. The SMILES string of the molecule is C[C@@H]1OC(O)(Br)[C@](O)([Si](C)(C)C(C)(C)C)[C@@](O)([Si](C)(C)C(C)(C)C)[C@@H]1O[Si](C)(C)C(C)(C)C. The topological polar surface area (TPSA) is 79.2 Å². The molecule has 198 valence electrons. The third-order valence-electron chi connectivity index (χ3n) is 10.0. The van der Waals surface area contributed by atoms with E-state index in [0.717, 1.165) is 0 Å². The Morgan fingerprint density at radius 1 is 0.727 bits per heavy atom. The average molecular weight is 586 g/mol. The zero-order chi connectivity index (χ0) is 27.1. The van der Waals surface area contributed by atoms with Gasteiger partial charge < -0.3 is 24.5 Å². The minimum absolute atomic E-state index is 0.0989. The van der Waals surface area contributed by atoms with Crippen molar-refractivity contribution in [1.29, 1.82) is 0 Å². The van der Waals surface area contributed by atoms with Gasteiger partial charge in [-0.3, -0.25) is 0 Å². The van der Waals surface area contributed by atoms with Gasteiger partial charge in [0, 0.05) is 0 Å². The molecule has 0 aromatic heterocycles. The maximum atomic E-state index is 13.2. The first-order valence-corrected chi connectivity index (χ1v) is 21.9. The highest BCUT2D eigenvalue weighted by atomic mass is 79.9. The van der Waals surface area contributed by atoms with Crippen molar-refractivity contribution in [2.75, 3.05) is 0 Å². The Morgan fingerprint density at radius 2 is 1.09 bits per heavy atom. The predicted molar refractivity (Wildman–Crippen MR) is 151 cm³/mol. The molecule has 1 unspecified atom stereocenters. The summed E-state index contributed by atoms with van der Waals surface area (Å²) in [5, 5.41) is 33.5. The van der Waals surface area contributed by atoms with Crippen molar-refractivity contribution in [3.05, 3.63) is 0 Å². The quantitative estimate of drug-likeness (QED) is 0.263. The lowest BCUT2D eigenvalue weighted by molar-refractivity contribution is -0.327. The van der Waals surface area contributed by atoms with Gasteiger partial charge >= 0.3 is 0 Å².